The van der Waals surface area contributed by atoms with Crippen molar-refractivity contribution in [2.75, 3.05) is 0 Å². The predicted molar refractivity (Wildman–Crippen MR) is 38.3 cm³/mol. The van der Waals surface area contributed by atoms with Gasteiger partial charge >= 0.3 is 5.97 Å². The van der Waals surface area contributed by atoms with Crippen molar-refractivity contribution < 1.29 is 9.53 Å². The fraction of sp³-hybridized carbons (Fsp3) is 0.750. The highest BCUT2D eigenvalue weighted by Gasteiger charge is 2.17. The summed E-state index contributed by atoms with van der Waals surface area (Å²) in [7, 11) is 0. The number of carbonyl (C=O) groups is 1. The largest absolute Gasteiger partial charge is 0.462 e. The van der Waals surface area contributed by atoms with Crippen molar-refractivity contribution in [1.82, 2.24) is 0 Å². The molecule has 10 heavy (non-hydrogen) atoms. The Bertz CT molecular complexity index is 114. The van der Waals surface area contributed by atoms with Crippen molar-refractivity contribution in [3.05, 3.63) is 6.42 Å². The van der Waals surface area contributed by atoms with E-state index in [1.807, 2.05) is 0 Å². The van der Waals surface area contributed by atoms with Crippen LogP contribution in [0, 0.1) is 6.42 Å². The third kappa shape index (κ3) is 2.01. The molecule has 1 radical (unpaired) electrons. The Hall–Kier alpha value is -0.530. The summed E-state index contributed by atoms with van der Waals surface area (Å²) in [6.07, 6.45) is 6.21. The Balaban J connectivity index is 2.17. The molecule has 0 bridgehead atoms. The van der Waals surface area contributed by atoms with Crippen molar-refractivity contribution in [2.24, 2.45) is 0 Å². The van der Waals surface area contributed by atoms with E-state index in [2.05, 4.69) is 0 Å². The van der Waals surface area contributed by atoms with E-state index in [1.54, 1.807) is 6.92 Å². The molecule has 0 amide bonds. The van der Waals surface area contributed by atoms with Gasteiger partial charge in [-0.05, 0) is 25.7 Å². The van der Waals surface area contributed by atoms with E-state index in [4.69, 9.17) is 4.74 Å². The number of ether oxygens (including phenoxy) is 1. The fourth-order valence-corrected chi connectivity index (χ4v) is 1.24. The van der Waals surface area contributed by atoms with Crippen LogP contribution in [0.1, 0.15) is 32.6 Å². The van der Waals surface area contributed by atoms with Gasteiger partial charge in [0.25, 0.3) is 0 Å². The zero-order chi connectivity index (χ0) is 7.40. The summed E-state index contributed by atoms with van der Waals surface area (Å²) in [5.41, 5.74) is 0. The summed E-state index contributed by atoms with van der Waals surface area (Å²) >= 11 is 0. The molecule has 1 fully saturated rings. The van der Waals surface area contributed by atoms with Gasteiger partial charge in [-0.25, -0.2) is 0 Å². The molecule has 1 aliphatic carbocycles. The Morgan fingerprint density at radius 3 is 2.60 bits per heavy atom. The second kappa shape index (κ2) is 3.59. The minimum atomic E-state index is -0.174. The van der Waals surface area contributed by atoms with E-state index in [1.165, 1.54) is 19.3 Å². The first-order valence-electron chi connectivity index (χ1n) is 3.83. The monoisotopic (exact) mass is 141 g/mol. The molecule has 1 rings (SSSR count). The molecule has 0 heterocycles. The predicted octanol–water partition coefficient (Wildman–Crippen LogP) is 1.70. The highest BCUT2D eigenvalue weighted by atomic mass is 16.5. The van der Waals surface area contributed by atoms with Crippen LogP contribution in [0.2, 0.25) is 0 Å². The molecule has 2 nitrogen and oxygen atoms in total. The van der Waals surface area contributed by atoms with Crippen molar-refractivity contribution in [1.29, 1.82) is 0 Å². The number of carbonyl (C=O) groups excluding carboxylic acids is 1. The molecule has 1 aliphatic rings. The standard InChI is InChI=1S/C8H13O2/c1-2-8(9)10-7-5-3-4-6-7/h2,7H,3-6H2,1H3. The van der Waals surface area contributed by atoms with Crippen LogP contribution in [0.4, 0.5) is 0 Å². The maximum atomic E-state index is 10.7. The van der Waals surface area contributed by atoms with Gasteiger partial charge in [0.05, 0.1) is 6.42 Å². The van der Waals surface area contributed by atoms with Crippen LogP contribution < -0.4 is 0 Å². The second-order valence-corrected chi connectivity index (χ2v) is 2.63. The Morgan fingerprint density at radius 1 is 1.50 bits per heavy atom. The van der Waals surface area contributed by atoms with E-state index in [0.717, 1.165) is 12.8 Å². The first-order chi connectivity index (χ1) is 4.83. The lowest BCUT2D eigenvalue weighted by Crippen LogP contribution is -2.13. The van der Waals surface area contributed by atoms with E-state index >= 15 is 0 Å². The quantitative estimate of drug-likeness (QED) is 0.547. The van der Waals surface area contributed by atoms with Crippen LogP contribution in [-0.2, 0) is 9.53 Å². The lowest BCUT2D eigenvalue weighted by atomic mass is 10.3. The van der Waals surface area contributed by atoms with E-state index in [0.29, 0.717) is 0 Å². The Morgan fingerprint density at radius 2 is 2.10 bits per heavy atom. The smallest absolute Gasteiger partial charge is 0.309 e. The molecule has 0 aromatic carbocycles. The van der Waals surface area contributed by atoms with Gasteiger partial charge in [-0.1, -0.05) is 6.92 Å². The zero-order valence-electron chi connectivity index (χ0n) is 6.30. The molecular formula is C8H13O2. The summed E-state index contributed by atoms with van der Waals surface area (Å²) < 4.78 is 5.07. The molecule has 0 unspecified atom stereocenters. The lowest BCUT2D eigenvalue weighted by molar-refractivity contribution is -0.144. The van der Waals surface area contributed by atoms with Gasteiger partial charge in [-0.15, -0.1) is 0 Å². The molecular weight excluding hydrogens is 128 g/mol. The number of hydrogen-bond donors (Lipinski definition) is 0. The summed E-state index contributed by atoms with van der Waals surface area (Å²) in [6.45, 7) is 1.71. The normalized spacial score (nSPS) is 19.3. The van der Waals surface area contributed by atoms with E-state index in [-0.39, 0.29) is 12.1 Å². The molecule has 0 aliphatic heterocycles. The van der Waals surface area contributed by atoms with Crippen molar-refractivity contribution in [2.45, 2.75) is 38.7 Å². The minimum absolute atomic E-state index is 0.174. The van der Waals surface area contributed by atoms with Gasteiger partial charge in [0.1, 0.15) is 6.10 Å². The molecule has 1 saturated carbocycles. The maximum Gasteiger partial charge on any atom is 0.309 e. The minimum Gasteiger partial charge on any atom is -0.462 e. The summed E-state index contributed by atoms with van der Waals surface area (Å²) in [5.74, 6) is -0.174. The van der Waals surface area contributed by atoms with Crippen LogP contribution in [-0.4, -0.2) is 12.1 Å². The fourth-order valence-electron chi connectivity index (χ4n) is 1.24. The highest BCUT2D eigenvalue weighted by Crippen LogP contribution is 2.20. The van der Waals surface area contributed by atoms with Crippen LogP contribution in [0.3, 0.4) is 0 Å². The molecule has 0 saturated heterocycles. The maximum absolute atomic E-state index is 10.7. The third-order valence-electron chi connectivity index (χ3n) is 1.82. The van der Waals surface area contributed by atoms with E-state index < -0.39 is 0 Å². The van der Waals surface area contributed by atoms with Crippen LogP contribution >= 0.6 is 0 Å². The summed E-state index contributed by atoms with van der Waals surface area (Å²) in [5, 5.41) is 0. The third-order valence-corrected chi connectivity index (χ3v) is 1.82. The average Bonchev–Trinajstić information content (AvgIpc) is 2.40. The molecule has 0 N–H and O–H groups in total. The molecule has 0 aromatic rings. The average molecular weight is 141 g/mol. The van der Waals surface area contributed by atoms with Gasteiger partial charge in [-0.3, -0.25) is 4.79 Å². The van der Waals surface area contributed by atoms with E-state index in [9.17, 15) is 4.79 Å². The van der Waals surface area contributed by atoms with Gasteiger partial charge in [-0.2, -0.15) is 0 Å². The number of esters is 1. The van der Waals surface area contributed by atoms with Crippen molar-refractivity contribution >= 4 is 5.97 Å². The van der Waals surface area contributed by atoms with Gasteiger partial charge in [0, 0.05) is 0 Å². The number of hydrogen-bond acceptors (Lipinski definition) is 2. The lowest BCUT2D eigenvalue weighted by Gasteiger charge is -2.08. The molecule has 0 spiro atoms. The van der Waals surface area contributed by atoms with Crippen LogP contribution in [0.5, 0.6) is 0 Å². The molecule has 57 valence electrons. The number of rotatable bonds is 2. The second-order valence-electron chi connectivity index (χ2n) is 2.63. The molecule has 2 heteroatoms. The van der Waals surface area contributed by atoms with Crippen LogP contribution in [0.25, 0.3) is 0 Å². The Labute approximate surface area is 61.6 Å². The first-order valence-corrected chi connectivity index (χ1v) is 3.83. The SMILES string of the molecule is C[CH]C(=O)OC1CCCC1. The molecule has 0 aromatic heterocycles. The summed E-state index contributed by atoms with van der Waals surface area (Å²) in [6, 6.07) is 0. The topological polar surface area (TPSA) is 26.3 Å². The van der Waals surface area contributed by atoms with Gasteiger partial charge in [0.15, 0.2) is 0 Å². The molecule has 0 atom stereocenters. The highest BCUT2D eigenvalue weighted by molar-refractivity contribution is 5.78. The van der Waals surface area contributed by atoms with Crippen LogP contribution in [0.15, 0.2) is 0 Å². The zero-order valence-corrected chi connectivity index (χ0v) is 6.30. The van der Waals surface area contributed by atoms with Crippen molar-refractivity contribution in [3.63, 3.8) is 0 Å². The van der Waals surface area contributed by atoms with Gasteiger partial charge in [0.2, 0.25) is 0 Å². The van der Waals surface area contributed by atoms with Crippen molar-refractivity contribution in [3.8, 4) is 0 Å². The first kappa shape index (κ1) is 7.58. The summed E-state index contributed by atoms with van der Waals surface area (Å²) in [4.78, 5) is 10.7. The van der Waals surface area contributed by atoms with Gasteiger partial charge < -0.3 is 4.74 Å². The Kier molecular flexibility index (Phi) is 2.72.